The molecule has 0 aliphatic rings. The average Bonchev–Trinajstić information content (AvgIpc) is 2.01. The Balaban J connectivity index is 3.17. The van der Waals surface area contributed by atoms with Gasteiger partial charge in [-0.05, 0) is 24.6 Å². The first-order valence-corrected chi connectivity index (χ1v) is 4.38. The number of nitrogens with one attached hydrogen (secondary N) is 2. The lowest BCUT2D eigenvalue weighted by atomic mass is 10.1. The van der Waals surface area contributed by atoms with Crippen LogP contribution in [0.25, 0.3) is 0 Å². The van der Waals surface area contributed by atoms with Crippen LogP contribution < -0.4 is 5.56 Å². The molecular weight excluding hydrogens is 172 g/mol. The molecule has 3 nitrogen and oxygen atoms in total. The minimum Gasteiger partial charge on any atom is -0.336 e. The van der Waals surface area contributed by atoms with Crippen molar-refractivity contribution in [2.24, 2.45) is 0 Å². The van der Waals surface area contributed by atoms with E-state index < -0.39 is 0 Å². The van der Waals surface area contributed by atoms with Crippen LogP contribution in [0.15, 0.2) is 10.9 Å². The first-order valence-electron chi connectivity index (χ1n) is 3.97. The van der Waals surface area contributed by atoms with Crippen molar-refractivity contribution in [3.05, 3.63) is 26.9 Å². The highest BCUT2D eigenvalue weighted by atomic mass is 32.1. The maximum Gasteiger partial charge on any atom is 0.251 e. The Hall–Kier alpha value is -0.900. The van der Waals surface area contributed by atoms with Crippen molar-refractivity contribution in [3.63, 3.8) is 0 Å². The van der Waals surface area contributed by atoms with Crippen molar-refractivity contribution in [1.82, 2.24) is 9.97 Å². The summed E-state index contributed by atoms with van der Waals surface area (Å²) < 4.78 is 0.401. The van der Waals surface area contributed by atoms with Crippen LogP contribution in [-0.2, 0) is 0 Å². The fraction of sp³-hybridized carbons (Fsp3) is 0.500. The third-order valence-corrected chi connectivity index (χ3v) is 2.13. The van der Waals surface area contributed by atoms with E-state index >= 15 is 0 Å². The molecule has 4 heteroatoms. The van der Waals surface area contributed by atoms with Gasteiger partial charge in [0.25, 0.3) is 5.56 Å². The Kier molecular flexibility index (Phi) is 2.81. The molecule has 0 saturated heterocycles. The summed E-state index contributed by atoms with van der Waals surface area (Å²) in [4.78, 5) is 16.4. The summed E-state index contributed by atoms with van der Waals surface area (Å²) in [6.07, 6.45) is 0.995. The van der Waals surface area contributed by atoms with E-state index in [4.69, 9.17) is 12.2 Å². The average molecular weight is 184 g/mol. The second-order valence-electron chi connectivity index (χ2n) is 2.85. The molecule has 66 valence electrons. The van der Waals surface area contributed by atoms with Gasteiger partial charge in [0.05, 0.1) is 0 Å². The molecule has 12 heavy (non-hydrogen) atoms. The number of aromatic nitrogens is 2. The highest BCUT2D eigenvalue weighted by molar-refractivity contribution is 7.71. The van der Waals surface area contributed by atoms with Crippen LogP contribution in [0, 0.1) is 4.77 Å². The van der Waals surface area contributed by atoms with Gasteiger partial charge in [-0.1, -0.05) is 13.8 Å². The lowest BCUT2D eigenvalue weighted by Gasteiger charge is -2.06. The molecule has 2 N–H and O–H groups in total. The minimum atomic E-state index is -0.131. The maximum atomic E-state index is 11.0. The second-order valence-corrected chi connectivity index (χ2v) is 3.26. The predicted molar refractivity (Wildman–Crippen MR) is 51.0 cm³/mol. The van der Waals surface area contributed by atoms with Gasteiger partial charge in [0.15, 0.2) is 4.77 Å². The number of hydrogen-bond donors (Lipinski definition) is 2. The molecule has 1 aromatic rings. The van der Waals surface area contributed by atoms with E-state index in [-0.39, 0.29) is 5.56 Å². The van der Waals surface area contributed by atoms with Crippen molar-refractivity contribution in [2.45, 2.75) is 26.2 Å². The molecule has 0 aliphatic carbocycles. The van der Waals surface area contributed by atoms with E-state index in [9.17, 15) is 4.79 Å². The minimum absolute atomic E-state index is 0.131. The van der Waals surface area contributed by atoms with Crippen LogP contribution >= 0.6 is 12.2 Å². The number of hydrogen-bond acceptors (Lipinski definition) is 2. The van der Waals surface area contributed by atoms with Gasteiger partial charge in [0.2, 0.25) is 0 Å². The zero-order chi connectivity index (χ0) is 9.14. The Bertz CT molecular complexity index is 338. The zero-order valence-electron chi connectivity index (χ0n) is 7.18. The van der Waals surface area contributed by atoms with Gasteiger partial charge in [-0.15, -0.1) is 0 Å². The fourth-order valence-electron chi connectivity index (χ4n) is 0.973. The van der Waals surface area contributed by atoms with E-state index in [1.807, 2.05) is 0 Å². The van der Waals surface area contributed by atoms with Crippen LogP contribution in [0.3, 0.4) is 0 Å². The standard InChI is InChI=1S/C8H12N2OS/c1-3-5(2)6-4-7(11)10-8(12)9-6/h4-5H,3H2,1-2H3,(H2,9,10,11,12)/t5-/m0/s1. The van der Waals surface area contributed by atoms with Gasteiger partial charge in [0.1, 0.15) is 0 Å². The van der Waals surface area contributed by atoms with E-state index in [1.165, 1.54) is 0 Å². The molecule has 0 amide bonds. The first kappa shape index (κ1) is 9.19. The maximum absolute atomic E-state index is 11.0. The predicted octanol–water partition coefficient (Wildman–Crippen LogP) is 1.95. The molecule has 0 radical (unpaired) electrons. The van der Waals surface area contributed by atoms with Crippen LogP contribution in [0.1, 0.15) is 31.9 Å². The van der Waals surface area contributed by atoms with Crippen LogP contribution in [0.4, 0.5) is 0 Å². The highest BCUT2D eigenvalue weighted by Gasteiger charge is 2.03. The van der Waals surface area contributed by atoms with Crippen LogP contribution in [0.2, 0.25) is 0 Å². The third kappa shape index (κ3) is 2.04. The van der Waals surface area contributed by atoms with E-state index in [2.05, 4.69) is 23.8 Å². The molecule has 0 aliphatic heterocycles. The number of rotatable bonds is 2. The topological polar surface area (TPSA) is 48.6 Å². The van der Waals surface area contributed by atoms with Gasteiger partial charge < -0.3 is 4.98 Å². The summed E-state index contributed by atoms with van der Waals surface area (Å²) in [5, 5.41) is 0. The Morgan fingerprint density at radius 1 is 1.58 bits per heavy atom. The summed E-state index contributed by atoms with van der Waals surface area (Å²) in [5.74, 6) is 0.356. The van der Waals surface area contributed by atoms with Gasteiger partial charge >= 0.3 is 0 Å². The quantitative estimate of drug-likeness (QED) is 0.690. The van der Waals surface area contributed by atoms with E-state index in [0.29, 0.717) is 10.7 Å². The summed E-state index contributed by atoms with van der Waals surface area (Å²) in [7, 11) is 0. The van der Waals surface area contributed by atoms with Crippen molar-refractivity contribution >= 4 is 12.2 Å². The largest absolute Gasteiger partial charge is 0.336 e. The lowest BCUT2D eigenvalue weighted by Crippen LogP contribution is -2.09. The van der Waals surface area contributed by atoms with Crippen molar-refractivity contribution in [1.29, 1.82) is 0 Å². The molecular formula is C8H12N2OS. The molecule has 0 fully saturated rings. The first-order chi connectivity index (χ1) is 5.63. The summed E-state index contributed by atoms with van der Waals surface area (Å²) in [6, 6.07) is 1.56. The summed E-state index contributed by atoms with van der Waals surface area (Å²) >= 11 is 4.84. The summed E-state index contributed by atoms with van der Waals surface area (Å²) in [6.45, 7) is 4.13. The van der Waals surface area contributed by atoms with Crippen molar-refractivity contribution in [3.8, 4) is 0 Å². The normalized spacial score (nSPS) is 12.8. The molecule has 0 unspecified atom stereocenters. The Labute approximate surface area is 75.9 Å². The highest BCUT2D eigenvalue weighted by Crippen LogP contribution is 2.13. The Morgan fingerprint density at radius 2 is 2.25 bits per heavy atom. The molecule has 1 aromatic heterocycles. The van der Waals surface area contributed by atoms with Crippen LogP contribution in [-0.4, -0.2) is 9.97 Å². The molecule has 1 rings (SSSR count). The lowest BCUT2D eigenvalue weighted by molar-refractivity contribution is 0.700. The second kappa shape index (κ2) is 3.67. The number of aromatic amines is 2. The summed E-state index contributed by atoms with van der Waals surface area (Å²) in [5.41, 5.74) is 0.778. The van der Waals surface area contributed by atoms with Gasteiger partial charge in [-0.2, -0.15) is 0 Å². The molecule has 0 bridgehead atoms. The van der Waals surface area contributed by atoms with Gasteiger partial charge in [-0.3, -0.25) is 9.78 Å². The molecule has 1 heterocycles. The zero-order valence-corrected chi connectivity index (χ0v) is 7.99. The monoisotopic (exact) mass is 184 g/mol. The SMILES string of the molecule is CC[C@H](C)c1cc(=O)[nH]c(=S)[nH]1. The number of H-pyrrole nitrogens is 2. The molecule has 1 atom stereocenters. The molecule has 0 spiro atoms. The van der Waals surface area contributed by atoms with Crippen molar-refractivity contribution < 1.29 is 0 Å². The van der Waals surface area contributed by atoms with E-state index in [1.54, 1.807) is 6.07 Å². The van der Waals surface area contributed by atoms with Gasteiger partial charge in [-0.25, -0.2) is 0 Å². The molecule has 0 aromatic carbocycles. The smallest absolute Gasteiger partial charge is 0.251 e. The van der Waals surface area contributed by atoms with Crippen molar-refractivity contribution in [2.75, 3.05) is 0 Å². The molecule has 0 saturated carbocycles. The van der Waals surface area contributed by atoms with Gasteiger partial charge in [0, 0.05) is 11.8 Å². The third-order valence-electron chi connectivity index (χ3n) is 1.92. The van der Waals surface area contributed by atoms with E-state index in [0.717, 1.165) is 12.1 Å². The Morgan fingerprint density at radius 3 is 2.75 bits per heavy atom. The fourth-order valence-corrected chi connectivity index (χ4v) is 1.19. The van der Waals surface area contributed by atoms with Crippen LogP contribution in [0.5, 0.6) is 0 Å².